The number of carboxylic acid groups (broad SMARTS) is 1. The van der Waals surface area contributed by atoms with Crippen LogP contribution in [-0.4, -0.2) is 23.5 Å². The second-order valence-corrected chi connectivity index (χ2v) is 4.98. The number of hydrogen-bond acceptors (Lipinski definition) is 3. The monoisotopic (exact) mass is 239 g/mol. The van der Waals surface area contributed by atoms with E-state index in [0.717, 1.165) is 12.8 Å². The summed E-state index contributed by atoms with van der Waals surface area (Å²) in [4.78, 5) is 23.8. The first-order valence-electron chi connectivity index (χ1n) is 5.28. The molecule has 0 spiro atoms. The third-order valence-corrected chi connectivity index (χ3v) is 3.86. The van der Waals surface area contributed by atoms with Crippen molar-refractivity contribution in [3.8, 4) is 0 Å². The highest BCUT2D eigenvalue weighted by molar-refractivity contribution is 7.14. The normalized spacial score (nSPS) is 14.2. The van der Waals surface area contributed by atoms with Crippen LogP contribution in [0.25, 0.3) is 0 Å². The molecule has 1 heterocycles. The first kappa shape index (κ1) is 11.1. The maximum atomic E-state index is 11.6. The molecular weight excluding hydrogens is 226 g/mol. The number of aliphatic carboxylic acids is 1. The summed E-state index contributed by atoms with van der Waals surface area (Å²) < 4.78 is 0. The fourth-order valence-electron chi connectivity index (χ4n) is 1.85. The molecule has 0 atom stereocenters. The van der Waals surface area contributed by atoms with Crippen molar-refractivity contribution in [2.75, 3.05) is 6.54 Å². The first-order chi connectivity index (χ1) is 7.66. The van der Waals surface area contributed by atoms with Gasteiger partial charge in [-0.2, -0.15) is 0 Å². The highest BCUT2D eigenvalue weighted by Gasteiger charge is 2.17. The molecule has 1 amide bonds. The lowest BCUT2D eigenvalue weighted by Gasteiger charge is -2.08. The number of amides is 1. The van der Waals surface area contributed by atoms with E-state index in [9.17, 15) is 9.59 Å². The molecule has 1 aliphatic rings. The summed E-state index contributed by atoms with van der Waals surface area (Å²) in [6.07, 6.45) is 4.45. The lowest BCUT2D eigenvalue weighted by molar-refractivity contribution is -0.135. The lowest BCUT2D eigenvalue weighted by atomic mass is 9.99. The Bertz CT molecular complexity index is 401. The van der Waals surface area contributed by atoms with E-state index in [1.807, 2.05) is 6.07 Å². The van der Waals surface area contributed by atoms with Crippen molar-refractivity contribution in [1.82, 2.24) is 5.32 Å². The van der Waals surface area contributed by atoms with Gasteiger partial charge in [0.15, 0.2) is 0 Å². The van der Waals surface area contributed by atoms with E-state index in [1.54, 1.807) is 0 Å². The van der Waals surface area contributed by atoms with Gasteiger partial charge in [0.25, 0.3) is 5.91 Å². The lowest BCUT2D eigenvalue weighted by Crippen LogP contribution is -2.28. The minimum absolute atomic E-state index is 0.276. The Kier molecular flexibility index (Phi) is 3.24. The minimum Gasteiger partial charge on any atom is -0.480 e. The summed E-state index contributed by atoms with van der Waals surface area (Å²) in [6, 6.07) is 1.90. The number of carbonyl (C=O) groups excluding carboxylic acids is 1. The largest absolute Gasteiger partial charge is 0.480 e. The highest BCUT2D eigenvalue weighted by atomic mass is 32.1. The van der Waals surface area contributed by atoms with Gasteiger partial charge >= 0.3 is 5.97 Å². The maximum absolute atomic E-state index is 11.6. The van der Waals surface area contributed by atoms with Crippen molar-refractivity contribution in [1.29, 1.82) is 0 Å². The second-order valence-electron chi connectivity index (χ2n) is 3.84. The summed E-state index contributed by atoms with van der Waals surface area (Å²) in [5.41, 5.74) is 1.26. The van der Waals surface area contributed by atoms with Gasteiger partial charge < -0.3 is 10.4 Å². The summed E-state index contributed by atoms with van der Waals surface area (Å²) in [6.45, 7) is -0.318. The standard InChI is InChI=1S/C11H13NO3S/c13-10(14)6-12-11(15)9-5-7-3-1-2-4-8(7)16-9/h5H,1-4,6H2,(H,12,15)(H,13,14). The molecule has 5 heteroatoms. The van der Waals surface area contributed by atoms with Gasteiger partial charge in [-0.05, 0) is 37.3 Å². The van der Waals surface area contributed by atoms with Gasteiger partial charge in [0.05, 0.1) is 4.88 Å². The third-order valence-electron chi connectivity index (χ3n) is 2.62. The molecule has 2 N–H and O–H groups in total. The van der Waals surface area contributed by atoms with Crippen molar-refractivity contribution in [3.05, 3.63) is 21.4 Å². The number of carbonyl (C=O) groups is 2. The number of thiophene rings is 1. The van der Waals surface area contributed by atoms with E-state index in [4.69, 9.17) is 5.11 Å². The zero-order chi connectivity index (χ0) is 11.5. The van der Waals surface area contributed by atoms with Crippen molar-refractivity contribution in [3.63, 3.8) is 0 Å². The van der Waals surface area contributed by atoms with Gasteiger partial charge in [-0.25, -0.2) is 0 Å². The Balaban J connectivity index is 2.06. The van der Waals surface area contributed by atoms with Crippen LogP contribution in [0.4, 0.5) is 0 Å². The summed E-state index contributed by atoms with van der Waals surface area (Å²) in [7, 11) is 0. The number of rotatable bonds is 3. The molecule has 0 unspecified atom stereocenters. The van der Waals surface area contributed by atoms with Gasteiger partial charge in [0.1, 0.15) is 6.54 Å². The molecule has 0 aromatic carbocycles. The van der Waals surface area contributed by atoms with E-state index in [-0.39, 0.29) is 12.5 Å². The van der Waals surface area contributed by atoms with E-state index in [1.165, 1.54) is 34.6 Å². The molecule has 0 radical (unpaired) electrons. The molecule has 0 saturated carbocycles. The number of carboxylic acids is 1. The molecular formula is C11H13NO3S. The van der Waals surface area contributed by atoms with Crippen LogP contribution in [0.15, 0.2) is 6.07 Å². The van der Waals surface area contributed by atoms with Gasteiger partial charge in [-0.15, -0.1) is 11.3 Å². The van der Waals surface area contributed by atoms with E-state index in [0.29, 0.717) is 4.88 Å². The average Bonchev–Trinajstić information content (AvgIpc) is 2.69. The van der Waals surface area contributed by atoms with Crippen LogP contribution in [0, 0.1) is 0 Å². The van der Waals surface area contributed by atoms with Crippen LogP contribution in [0.2, 0.25) is 0 Å². The zero-order valence-electron chi connectivity index (χ0n) is 8.78. The molecule has 0 saturated heterocycles. The molecule has 0 aliphatic heterocycles. The van der Waals surface area contributed by atoms with Crippen LogP contribution in [0.3, 0.4) is 0 Å². The number of aryl methyl sites for hydroxylation is 2. The Labute approximate surface area is 97.3 Å². The zero-order valence-corrected chi connectivity index (χ0v) is 9.60. The van der Waals surface area contributed by atoms with Gasteiger partial charge in [0, 0.05) is 4.88 Å². The fraction of sp³-hybridized carbons (Fsp3) is 0.455. The quantitative estimate of drug-likeness (QED) is 0.838. The smallest absolute Gasteiger partial charge is 0.322 e. The Hall–Kier alpha value is -1.36. The fourth-order valence-corrected chi connectivity index (χ4v) is 3.02. The topological polar surface area (TPSA) is 66.4 Å². The molecule has 0 bridgehead atoms. The number of hydrogen-bond donors (Lipinski definition) is 2. The summed E-state index contributed by atoms with van der Waals surface area (Å²) in [5, 5.41) is 10.8. The number of fused-ring (bicyclic) bond motifs is 1. The Morgan fingerprint density at radius 2 is 2.12 bits per heavy atom. The number of nitrogens with one attached hydrogen (secondary N) is 1. The molecule has 2 rings (SSSR count). The molecule has 1 aliphatic carbocycles. The molecule has 86 valence electrons. The summed E-state index contributed by atoms with van der Waals surface area (Å²) >= 11 is 1.49. The average molecular weight is 239 g/mol. The van der Waals surface area contributed by atoms with E-state index >= 15 is 0 Å². The van der Waals surface area contributed by atoms with Crippen LogP contribution in [0.5, 0.6) is 0 Å². The summed E-state index contributed by atoms with van der Waals surface area (Å²) in [5.74, 6) is -1.29. The highest BCUT2D eigenvalue weighted by Crippen LogP contribution is 2.29. The van der Waals surface area contributed by atoms with E-state index in [2.05, 4.69) is 5.32 Å². The maximum Gasteiger partial charge on any atom is 0.322 e. The third kappa shape index (κ3) is 2.41. The first-order valence-corrected chi connectivity index (χ1v) is 6.10. The van der Waals surface area contributed by atoms with Crippen molar-refractivity contribution in [2.45, 2.75) is 25.7 Å². The SMILES string of the molecule is O=C(O)CNC(=O)c1cc2c(s1)CCCC2. The van der Waals surface area contributed by atoms with Gasteiger partial charge in [0.2, 0.25) is 0 Å². The van der Waals surface area contributed by atoms with Crippen molar-refractivity contribution in [2.24, 2.45) is 0 Å². The Morgan fingerprint density at radius 3 is 2.81 bits per heavy atom. The predicted molar refractivity (Wildman–Crippen MR) is 60.9 cm³/mol. The van der Waals surface area contributed by atoms with Crippen LogP contribution in [-0.2, 0) is 17.6 Å². The van der Waals surface area contributed by atoms with Crippen LogP contribution < -0.4 is 5.32 Å². The van der Waals surface area contributed by atoms with Crippen LogP contribution >= 0.6 is 11.3 Å². The van der Waals surface area contributed by atoms with Crippen molar-refractivity contribution < 1.29 is 14.7 Å². The predicted octanol–water partition coefficient (Wildman–Crippen LogP) is 1.44. The molecule has 1 aromatic rings. The van der Waals surface area contributed by atoms with E-state index < -0.39 is 5.97 Å². The second kappa shape index (κ2) is 4.65. The molecule has 16 heavy (non-hydrogen) atoms. The van der Waals surface area contributed by atoms with Crippen molar-refractivity contribution >= 4 is 23.2 Å². The van der Waals surface area contributed by atoms with Gasteiger partial charge in [-0.3, -0.25) is 9.59 Å². The molecule has 0 fully saturated rings. The Morgan fingerprint density at radius 1 is 1.38 bits per heavy atom. The molecule has 4 nitrogen and oxygen atoms in total. The van der Waals surface area contributed by atoms with Gasteiger partial charge in [-0.1, -0.05) is 0 Å². The van der Waals surface area contributed by atoms with Crippen LogP contribution in [0.1, 0.15) is 33.0 Å². The minimum atomic E-state index is -1.02. The molecule has 1 aromatic heterocycles.